The molecule has 0 aromatic heterocycles. The predicted octanol–water partition coefficient (Wildman–Crippen LogP) is 3.56. The molecule has 218 valence electrons. The average Bonchev–Trinajstić information content (AvgIpc) is 2.97. The van der Waals surface area contributed by atoms with Crippen LogP contribution in [-0.2, 0) is 14.8 Å². The van der Waals surface area contributed by atoms with Crippen molar-refractivity contribution in [2.45, 2.75) is 11.0 Å². The van der Waals surface area contributed by atoms with Gasteiger partial charge in [0.1, 0.15) is 29.9 Å². The molecule has 3 aromatic rings. The highest BCUT2D eigenvalue weighted by molar-refractivity contribution is 8.00. The second kappa shape index (κ2) is 13.5. The van der Waals surface area contributed by atoms with Crippen LogP contribution in [0, 0.1) is 0 Å². The molecule has 0 bridgehead atoms. The second-order valence-corrected chi connectivity index (χ2v) is 11.6. The number of rotatable bonds is 13. The summed E-state index contributed by atoms with van der Waals surface area (Å²) in [7, 11) is 1.38. The Morgan fingerprint density at radius 2 is 1.56 bits per heavy atom. The van der Waals surface area contributed by atoms with Gasteiger partial charge in [0, 0.05) is 23.6 Å². The number of hydrogen-bond donors (Lipinski definition) is 1. The van der Waals surface area contributed by atoms with Gasteiger partial charge in [-0.25, -0.2) is 13.8 Å². The summed E-state index contributed by atoms with van der Waals surface area (Å²) in [5, 5.41) is 4.00. The van der Waals surface area contributed by atoms with Crippen molar-refractivity contribution in [2.75, 3.05) is 50.8 Å². The minimum atomic E-state index is -4.32. The Morgan fingerprint density at radius 3 is 2.17 bits per heavy atom. The Hall–Kier alpha value is -4.10. The van der Waals surface area contributed by atoms with E-state index in [9.17, 15) is 13.2 Å². The third-order valence-corrected chi connectivity index (χ3v) is 9.05. The second-order valence-electron chi connectivity index (χ2n) is 8.71. The lowest BCUT2D eigenvalue weighted by Gasteiger charge is -2.26. The van der Waals surface area contributed by atoms with Crippen LogP contribution in [0.3, 0.4) is 0 Å². The van der Waals surface area contributed by atoms with Gasteiger partial charge in [-0.3, -0.25) is 9.10 Å². The SMILES string of the molecule is COc1ccc(OC)c(N(CC(=O)N/N=C\c2ccc(OC3CSC3)cc2)S(=O)(=O)c2ccc(OC)c(OC)c2)c1. The van der Waals surface area contributed by atoms with Crippen molar-refractivity contribution in [3.8, 4) is 28.7 Å². The fraction of sp³-hybridized carbons (Fsp3) is 0.286. The molecule has 1 fully saturated rings. The van der Waals surface area contributed by atoms with Crippen LogP contribution in [0.1, 0.15) is 5.56 Å². The monoisotopic (exact) mass is 601 g/mol. The van der Waals surface area contributed by atoms with Crippen molar-refractivity contribution in [2.24, 2.45) is 5.10 Å². The highest BCUT2D eigenvalue weighted by Crippen LogP contribution is 2.37. The van der Waals surface area contributed by atoms with E-state index in [-0.39, 0.29) is 28.2 Å². The van der Waals surface area contributed by atoms with E-state index in [0.717, 1.165) is 27.1 Å². The van der Waals surface area contributed by atoms with Gasteiger partial charge >= 0.3 is 0 Å². The predicted molar refractivity (Wildman–Crippen MR) is 158 cm³/mol. The van der Waals surface area contributed by atoms with Crippen LogP contribution in [0.2, 0.25) is 0 Å². The zero-order valence-electron chi connectivity index (χ0n) is 23.0. The van der Waals surface area contributed by atoms with E-state index in [1.54, 1.807) is 12.1 Å². The molecule has 1 N–H and O–H groups in total. The smallest absolute Gasteiger partial charge is 0.265 e. The summed E-state index contributed by atoms with van der Waals surface area (Å²) < 4.78 is 55.9. The van der Waals surface area contributed by atoms with Gasteiger partial charge in [-0.05, 0) is 54.1 Å². The van der Waals surface area contributed by atoms with Gasteiger partial charge in [0.05, 0.1) is 45.2 Å². The number of sulfonamides is 1. The fourth-order valence-electron chi connectivity index (χ4n) is 3.85. The minimum Gasteiger partial charge on any atom is -0.497 e. The number of carbonyl (C=O) groups is 1. The zero-order chi connectivity index (χ0) is 29.4. The van der Waals surface area contributed by atoms with E-state index in [2.05, 4.69) is 10.5 Å². The summed E-state index contributed by atoms with van der Waals surface area (Å²) in [5.74, 6) is 3.20. The van der Waals surface area contributed by atoms with Gasteiger partial charge in [0.25, 0.3) is 15.9 Å². The van der Waals surface area contributed by atoms with Gasteiger partial charge in [0.2, 0.25) is 0 Å². The number of carbonyl (C=O) groups excluding carboxylic acids is 1. The number of nitrogens with zero attached hydrogens (tertiary/aromatic N) is 2. The van der Waals surface area contributed by atoms with Crippen LogP contribution in [0.4, 0.5) is 5.69 Å². The van der Waals surface area contributed by atoms with Crippen LogP contribution in [0.5, 0.6) is 28.7 Å². The minimum absolute atomic E-state index is 0.0983. The average molecular weight is 602 g/mol. The molecule has 1 saturated heterocycles. The van der Waals surface area contributed by atoms with Crippen LogP contribution < -0.4 is 33.4 Å². The molecule has 41 heavy (non-hydrogen) atoms. The van der Waals surface area contributed by atoms with Crippen LogP contribution >= 0.6 is 11.8 Å². The molecule has 0 atom stereocenters. The first-order valence-corrected chi connectivity index (χ1v) is 15.0. The quantitative estimate of drug-likeness (QED) is 0.231. The summed E-state index contributed by atoms with van der Waals surface area (Å²) in [6.45, 7) is -0.607. The van der Waals surface area contributed by atoms with Crippen molar-refractivity contribution < 1.29 is 36.9 Å². The lowest BCUT2D eigenvalue weighted by Crippen LogP contribution is -2.39. The number of hydrogen-bond acceptors (Lipinski definition) is 10. The Kier molecular flexibility index (Phi) is 9.84. The van der Waals surface area contributed by atoms with Crippen molar-refractivity contribution in [1.82, 2.24) is 5.43 Å². The maximum atomic E-state index is 13.9. The standard InChI is InChI=1S/C28H31N3O8S2/c1-35-21-9-11-25(36-2)24(13-21)31(41(33,34)23-10-12-26(37-3)27(14-23)38-4)16-28(32)30-29-15-19-5-7-20(8-6-19)39-22-17-40-18-22/h5-15,22H,16-18H2,1-4H3,(H,30,32)/b29-15-. The highest BCUT2D eigenvalue weighted by atomic mass is 32.2. The highest BCUT2D eigenvalue weighted by Gasteiger charge is 2.31. The molecule has 0 saturated carbocycles. The van der Waals surface area contributed by atoms with Crippen LogP contribution in [0.15, 0.2) is 70.7 Å². The summed E-state index contributed by atoms with van der Waals surface area (Å²) >= 11 is 1.84. The van der Waals surface area contributed by atoms with E-state index < -0.39 is 22.5 Å². The van der Waals surface area contributed by atoms with Gasteiger partial charge in [-0.15, -0.1) is 0 Å². The first kappa shape index (κ1) is 29.9. The van der Waals surface area contributed by atoms with Crippen molar-refractivity contribution in [1.29, 1.82) is 0 Å². The van der Waals surface area contributed by atoms with Gasteiger partial charge < -0.3 is 23.7 Å². The van der Waals surface area contributed by atoms with Gasteiger partial charge in [-0.1, -0.05) is 0 Å². The molecular weight excluding hydrogens is 570 g/mol. The Labute approximate surface area is 243 Å². The van der Waals surface area contributed by atoms with E-state index in [1.807, 2.05) is 36.0 Å². The molecule has 3 aromatic carbocycles. The molecule has 0 unspecified atom stereocenters. The van der Waals surface area contributed by atoms with Gasteiger partial charge in [-0.2, -0.15) is 16.9 Å². The largest absolute Gasteiger partial charge is 0.497 e. The van der Waals surface area contributed by atoms with Crippen LogP contribution in [0.25, 0.3) is 0 Å². The molecule has 13 heteroatoms. The number of thioether (sulfide) groups is 1. The molecule has 1 amide bonds. The molecule has 0 radical (unpaired) electrons. The fourth-order valence-corrected chi connectivity index (χ4v) is 5.85. The molecule has 4 rings (SSSR count). The molecule has 1 heterocycles. The first-order valence-electron chi connectivity index (χ1n) is 12.4. The maximum absolute atomic E-state index is 13.9. The van der Waals surface area contributed by atoms with E-state index in [4.69, 9.17) is 23.7 Å². The zero-order valence-corrected chi connectivity index (χ0v) is 24.7. The summed E-state index contributed by atoms with van der Waals surface area (Å²) in [5.41, 5.74) is 3.23. The number of hydrazone groups is 1. The Bertz CT molecular complexity index is 1490. The van der Waals surface area contributed by atoms with Crippen molar-refractivity contribution in [3.05, 3.63) is 66.2 Å². The van der Waals surface area contributed by atoms with E-state index in [1.165, 1.54) is 58.9 Å². The summed E-state index contributed by atoms with van der Waals surface area (Å²) in [6.07, 6.45) is 1.69. The van der Waals surface area contributed by atoms with Crippen LogP contribution in [-0.4, -0.2) is 73.1 Å². The Balaban J connectivity index is 1.58. The molecule has 11 nitrogen and oxygen atoms in total. The van der Waals surface area contributed by atoms with Gasteiger partial charge in [0.15, 0.2) is 11.5 Å². The third-order valence-electron chi connectivity index (χ3n) is 6.08. The van der Waals surface area contributed by atoms with Crippen molar-refractivity contribution in [3.63, 3.8) is 0 Å². The topological polar surface area (TPSA) is 125 Å². The normalized spacial score (nSPS) is 13.3. The molecule has 1 aliphatic rings. The van der Waals surface area contributed by atoms with E-state index in [0.29, 0.717) is 11.5 Å². The lowest BCUT2D eigenvalue weighted by molar-refractivity contribution is -0.119. The molecule has 1 aliphatic heterocycles. The number of anilines is 1. The van der Waals surface area contributed by atoms with Crippen molar-refractivity contribution >= 4 is 39.6 Å². The van der Waals surface area contributed by atoms with E-state index >= 15 is 0 Å². The maximum Gasteiger partial charge on any atom is 0.265 e. The Morgan fingerprint density at radius 1 is 0.902 bits per heavy atom. The number of benzene rings is 3. The number of nitrogens with one attached hydrogen (secondary N) is 1. The molecular formula is C28H31N3O8S2. The molecule has 0 aliphatic carbocycles. The number of methoxy groups -OCH3 is 4. The molecule has 0 spiro atoms. The number of amides is 1. The number of ether oxygens (including phenoxy) is 5. The third kappa shape index (κ3) is 7.16. The summed E-state index contributed by atoms with van der Waals surface area (Å²) in [4.78, 5) is 12.9. The lowest BCUT2D eigenvalue weighted by atomic mass is 10.2. The summed E-state index contributed by atoms with van der Waals surface area (Å²) in [6, 6.07) is 16.1. The first-order chi connectivity index (χ1) is 19.8.